The maximum Gasteiger partial charge on any atom is 0.150 e. The Kier molecular flexibility index (Phi) is 4.53. The van der Waals surface area contributed by atoms with Crippen LogP contribution < -0.4 is 9.80 Å². The zero-order chi connectivity index (χ0) is 20.3. The van der Waals surface area contributed by atoms with Crippen LogP contribution in [0.5, 0.6) is 0 Å². The maximum absolute atomic E-state index is 6.17. The number of hydrogen-bond acceptors (Lipinski definition) is 6. The van der Waals surface area contributed by atoms with E-state index in [1.54, 1.807) is 22.6 Å². The van der Waals surface area contributed by atoms with E-state index in [1.165, 1.54) is 26.9 Å². The van der Waals surface area contributed by atoms with Crippen molar-refractivity contribution >= 4 is 37.6 Å². The molecule has 154 valence electrons. The molecule has 0 aromatic carbocycles. The number of thiophene rings is 1. The minimum absolute atomic E-state index is 0.167. The van der Waals surface area contributed by atoms with Gasteiger partial charge in [0.25, 0.3) is 0 Å². The fourth-order valence-corrected chi connectivity index (χ4v) is 5.81. The van der Waals surface area contributed by atoms with E-state index in [0.29, 0.717) is 12.5 Å². The number of piperazine rings is 1. The summed E-state index contributed by atoms with van der Waals surface area (Å²) in [7, 11) is 2.26. The molecule has 6 nitrogen and oxygen atoms in total. The van der Waals surface area contributed by atoms with Crippen LogP contribution in [0.25, 0.3) is 20.4 Å². The molecule has 5 heterocycles. The van der Waals surface area contributed by atoms with Crippen molar-refractivity contribution in [2.24, 2.45) is 0 Å². The molecule has 1 fully saturated rings. The number of pyridine rings is 1. The first-order valence-electron chi connectivity index (χ1n) is 10.6. The Morgan fingerprint density at radius 3 is 2.66 bits per heavy atom. The molecule has 5 rings (SSSR count). The molecular weight excluding hydrogens is 382 g/mol. The Bertz CT molecular complexity index is 1080. The molecule has 0 spiro atoms. The van der Waals surface area contributed by atoms with Gasteiger partial charge < -0.3 is 14.5 Å². The predicted octanol–water partition coefficient (Wildman–Crippen LogP) is 2.55. The summed E-state index contributed by atoms with van der Waals surface area (Å²) in [6.07, 6.45) is 2.63. The minimum atomic E-state index is -0.167. The van der Waals surface area contributed by atoms with Gasteiger partial charge in [-0.05, 0) is 25.3 Å². The Labute approximate surface area is 175 Å². The average Bonchev–Trinajstić information content (AvgIpc) is 3.06. The second-order valence-corrected chi connectivity index (χ2v) is 10.4. The monoisotopic (exact) mass is 412 g/mol. The molecule has 0 unspecified atom stereocenters. The molecule has 2 aliphatic rings. The van der Waals surface area contributed by atoms with E-state index >= 15 is 0 Å². The van der Waals surface area contributed by atoms with Crippen LogP contribution >= 0.6 is 11.3 Å². The molecule has 0 bridgehead atoms. The summed E-state index contributed by atoms with van der Waals surface area (Å²) in [6.45, 7) is 13.8. The summed E-state index contributed by atoms with van der Waals surface area (Å²) >= 11 is 1.76. The van der Waals surface area contributed by atoms with Gasteiger partial charge in [0.1, 0.15) is 11.2 Å². The van der Waals surface area contributed by atoms with Crippen LogP contribution in [0.1, 0.15) is 50.4 Å². The summed E-state index contributed by atoms with van der Waals surface area (Å²) in [5.41, 5.74) is 4.73. The molecule has 0 aliphatic carbocycles. The van der Waals surface area contributed by atoms with Crippen LogP contribution in [0.2, 0.25) is 0 Å². The summed E-state index contributed by atoms with van der Waals surface area (Å²) in [5, 5.41) is 1.23. The van der Waals surface area contributed by atoms with Gasteiger partial charge in [0.15, 0.2) is 5.82 Å². The summed E-state index contributed by atoms with van der Waals surface area (Å²) < 4.78 is 7.35. The third-order valence-electron chi connectivity index (χ3n) is 6.30. The number of ether oxygens (including phenoxy) is 1. The number of aromatic nitrogens is 3. The van der Waals surface area contributed by atoms with Gasteiger partial charge in [-0.15, -0.1) is 11.3 Å². The minimum Gasteiger partial charge on any atom is -0.370 e. The van der Waals surface area contributed by atoms with Crippen molar-refractivity contribution in [1.82, 2.24) is 15.0 Å². The number of likely N-dealkylation sites (N-methyl/N-ethyl adjacent to an activating group) is 1. The zero-order valence-electron chi connectivity index (χ0n) is 18.0. The van der Waals surface area contributed by atoms with Gasteiger partial charge in [-0.3, -0.25) is 0 Å². The van der Waals surface area contributed by atoms with Crippen molar-refractivity contribution < 1.29 is 9.64 Å². The maximum atomic E-state index is 6.17. The van der Waals surface area contributed by atoms with Crippen LogP contribution in [0.3, 0.4) is 0 Å². The molecule has 29 heavy (non-hydrogen) atoms. The Morgan fingerprint density at radius 2 is 1.93 bits per heavy atom. The first-order chi connectivity index (χ1) is 13.8. The number of anilines is 1. The van der Waals surface area contributed by atoms with E-state index in [2.05, 4.69) is 39.6 Å². The van der Waals surface area contributed by atoms with Gasteiger partial charge in [-0.25, -0.2) is 15.0 Å². The number of quaternary nitrogens is 1. The van der Waals surface area contributed by atoms with Crippen molar-refractivity contribution in [3.63, 3.8) is 0 Å². The van der Waals surface area contributed by atoms with Crippen LogP contribution in [0.15, 0.2) is 6.33 Å². The molecule has 3 aromatic rings. The first kappa shape index (κ1) is 19.2. The highest BCUT2D eigenvalue weighted by atomic mass is 32.1. The summed E-state index contributed by atoms with van der Waals surface area (Å²) in [5.74, 6) is 1.45. The first-order valence-corrected chi connectivity index (χ1v) is 11.4. The molecule has 2 aliphatic heterocycles. The summed E-state index contributed by atoms with van der Waals surface area (Å²) in [6, 6.07) is 0. The van der Waals surface area contributed by atoms with E-state index in [1.807, 2.05) is 0 Å². The smallest absolute Gasteiger partial charge is 0.150 e. The highest BCUT2D eigenvalue weighted by Crippen LogP contribution is 2.43. The van der Waals surface area contributed by atoms with Crippen LogP contribution in [0.4, 0.5) is 5.82 Å². The number of nitrogens with zero attached hydrogens (tertiary/aromatic N) is 4. The van der Waals surface area contributed by atoms with E-state index in [4.69, 9.17) is 19.7 Å². The molecule has 0 radical (unpaired) electrons. The molecule has 7 heteroatoms. The van der Waals surface area contributed by atoms with Crippen molar-refractivity contribution in [2.45, 2.75) is 52.2 Å². The highest BCUT2D eigenvalue weighted by Gasteiger charge is 2.32. The van der Waals surface area contributed by atoms with Gasteiger partial charge in [0.05, 0.1) is 61.3 Å². The lowest BCUT2D eigenvalue weighted by Gasteiger charge is -2.33. The number of fused-ring (bicyclic) bond motifs is 5. The van der Waals surface area contributed by atoms with E-state index < -0.39 is 0 Å². The molecule has 3 aromatic heterocycles. The quantitative estimate of drug-likeness (QED) is 0.701. The molecule has 1 saturated heterocycles. The summed E-state index contributed by atoms with van der Waals surface area (Å²) in [4.78, 5) is 19.7. The SMILES string of the molecule is CC(C)c1nc2sc3c(N4CC[NH+](C)CC4)ncnc3c2c2c1COC(C)(C)C2. The second kappa shape index (κ2) is 6.86. The highest BCUT2D eigenvalue weighted by molar-refractivity contribution is 7.26. The fourth-order valence-electron chi connectivity index (χ4n) is 4.62. The molecule has 1 N–H and O–H groups in total. The van der Waals surface area contributed by atoms with Crippen LogP contribution in [0, 0.1) is 0 Å². The lowest BCUT2D eigenvalue weighted by atomic mass is 9.87. The number of rotatable bonds is 2. The molecular formula is C22H30N5OS+. The van der Waals surface area contributed by atoms with Crippen LogP contribution in [-0.4, -0.2) is 53.8 Å². The zero-order valence-corrected chi connectivity index (χ0v) is 18.8. The Hall–Kier alpha value is -1.83. The van der Waals surface area contributed by atoms with E-state index in [0.717, 1.165) is 48.8 Å². The van der Waals surface area contributed by atoms with Crippen molar-refractivity contribution in [2.75, 3.05) is 38.1 Å². The Balaban J connectivity index is 1.75. The number of hydrogen-bond donors (Lipinski definition) is 1. The lowest BCUT2D eigenvalue weighted by molar-refractivity contribution is -0.880. The van der Waals surface area contributed by atoms with Crippen molar-refractivity contribution in [3.8, 4) is 0 Å². The van der Waals surface area contributed by atoms with Crippen molar-refractivity contribution in [3.05, 3.63) is 23.1 Å². The van der Waals surface area contributed by atoms with Gasteiger partial charge in [-0.1, -0.05) is 13.8 Å². The Morgan fingerprint density at radius 1 is 1.17 bits per heavy atom. The predicted molar refractivity (Wildman–Crippen MR) is 118 cm³/mol. The standard InChI is InChI=1S/C22H29N5OS/c1-13(2)17-15-11-28-22(3,4)10-14(15)16-18-19(29-21(16)25-17)20(24-12-23-18)27-8-6-26(5)7-9-27/h12-13H,6-11H2,1-5H3/p+1. The molecule has 0 amide bonds. The van der Waals surface area contributed by atoms with E-state index in [9.17, 15) is 0 Å². The van der Waals surface area contributed by atoms with Gasteiger partial charge in [-0.2, -0.15) is 0 Å². The number of nitrogens with one attached hydrogen (secondary N) is 1. The third-order valence-corrected chi connectivity index (χ3v) is 7.37. The third kappa shape index (κ3) is 3.20. The molecule has 0 atom stereocenters. The van der Waals surface area contributed by atoms with Crippen molar-refractivity contribution in [1.29, 1.82) is 0 Å². The fraction of sp³-hybridized carbons (Fsp3) is 0.591. The van der Waals surface area contributed by atoms with Gasteiger partial charge in [0.2, 0.25) is 0 Å². The molecule has 0 saturated carbocycles. The van der Waals surface area contributed by atoms with Gasteiger partial charge in [0, 0.05) is 17.4 Å². The van der Waals surface area contributed by atoms with Crippen LogP contribution in [-0.2, 0) is 17.8 Å². The van der Waals surface area contributed by atoms with Gasteiger partial charge >= 0.3 is 0 Å². The van der Waals surface area contributed by atoms with E-state index in [-0.39, 0.29) is 5.60 Å². The largest absolute Gasteiger partial charge is 0.370 e. The lowest BCUT2D eigenvalue weighted by Crippen LogP contribution is -3.12. The second-order valence-electron chi connectivity index (χ2n) is 9.44. The normalized spacial score (nSPS) is 20.0. The topological polar surface area (TPSA) is 55.6 Å². The average molecular weight is 413 g/mol.